The molecule has 1 aromatic heterocycles. The Balaban J connectivity index is 1.73. The van der Waals surface area contributed by atoms with Crippen molar-refractivity contribution in [2.24, 2.45) is 0 Å². The summed E-state index contributed by atoms with van der Waals surface area (Å²) in [4.78, 5) is 17.5. The van der Waals surface area contributed by atoms with Crippen molar-refractivity contribution in [3.63, 3.8) is 0 Å². The molecule has 4 aromatic rings. The van der Waals surface area contributed by atoms with E-state index in [1.807, 2.05) is 12.1 Å². The molecule has 0 radical (unpaired) electrons. The SMILES string of the molecule is O=C(O[C@H]1[C@H](OS(=O)(=O)O)[C@H](OS(=O)(=O)O)C(c2cccc3ccccc23)=C[C@@H]1Sc1ccccn1)c1ccccc1. The maximum absolute atomic E-state index is 13.2. The minimum atomic E-state index is -5.29. The fourth-order valence-corrected chi connectivity index (χ4v) is 6.75. The fraction of sp³-hybridized carbons (Fsp3) is 0.143. The molecule has 218 valence electrons. The molecule has 1 heterocycles. The first-order chi connectivity index (χ1) is 20.0. The normalized spacial score (nSPS) is 21.0. The summed E-state index contributed by atoms with van der Waals surface area (Å²) in [5.74, 6) is -0.885. The van der Waals surface area contributed by atoms with E-state index in [0.717, 1.165) is 17.1 Å². The molecular formula is C28H23NO10S3. The second-order valence-corrected chi connectivity index (χ2v) is 12.4. The molecule has 4 atom stereocenters. The molecule has 14 heteroatoms. The van der Waals surface area contributed by atoms with Gasteiger partial charge in [0.1, 0.15) is 18.3 Å². The predicted octanol–water partition coefficient (Wildman–Crippen LogP) is 4.39. The highest BCUT2D eigenvalue weighted by Gasteiger charge is 2.49. The molecule has 0 saturated carbocycles. The Morgan fingerprint density at radius 3 is 2.12 bits per heavy atom. The van der Waals surface area contributed by atoms with Gasteiger partial charge in [-0.15, -0.1) is 0 Å². The Hall–Kier alpha value is -3.63. The van der Waals surface area contributed by atoms with Crippen LogP contribution in [0, 0.1) is 0 Å². The highest BCUT2D eigenvalue weighted by Crippen LogP contribution is 2.42. The molecule has 2 N–H and O–H groups in total. The molecule has 5 rings (SSSR count). The van der Waals surface area contributed by atoms with Gasteiger partial charge in [0, 0.05) is 6.20 Å². The van der Waals surface area contributed by atoms with Gasteiger partial charge in [-0.25, -0.2) is 18.1 Å². The molecule has 3 aromatic carbocycles. The Labute approximate surface area is 246 Å². The number of rotatable bonds is 9. The lowest BCUT2D eigenvalue weighted by Crippen LogP contribution is -2.52. The van der Waals surface area contributed by atoms with Crippen LogP contribution in [0.15, 0.2) is 108 Å². The molecule has 0 bridgehead atoms. The summed E-state index contributed by atoms with van der Waals surface area (Å²) in [5, 5.41) is 0.911. The number of carbonyl (C=O) groups excluding carboxylic acids is 1. The molecule has 42 heavy (non-hydrogen) atoms. The summed E-state index contributed by atoms with van der Waals surface area (Å²) < 4.78 is 83.7. The Kier molecular flexibility index (Phi) is 8.75. The standard InChI is InChI=1S/C28H23NO10S3/c30-28(19-10-2-1-3-11-19)37-26-23(40-24-15-6-7-16-29-24)17-22(21-14-8-12-18-9-4-5-13-20(18)21)25(38-41(31,32)33)27(26)39-42(34,35)36/h1-17,23,25-27H,(H,31,32,33)(H,34,35,36)/t23-,25+,26+,27+/m0/s1. The summed E-state index contributed by atoms with van der Waals surface area (Å²) in [6.45, 7) is 0. The number of nitrogens with zero attached hydrogens (tertiary/aromatic N) is 1. The lowest BCUT2D eigenvalue weighted by atomic mass is 9.85. The van der Waals surface area contributed by atoms with Crippen LogP contribution in [0.25, 0.3) is 16.3 Å². The molecule has 0 fully saturated rings. The van der Waals surface area contributed by atoms with E-state index >= 15 is 0 Å². The van der Waals surface area contributed by atoms with Crippen molar-refractivity contribution >= 4 is 54.9 Å². The average molecular weight is 630 g/mol. The van der Waals surface area contributed by atoms with E-state index in [-0.39, 0.29) is 11.1 Å². The van der Waals surface area contributed by atoms with E-state index in [1.165, 1.54) is 18.3 Å². The number of fused-ring (bicyclic) bond motifs is 1. The molecular weight excluding hydrogens is 607 g/mol. The zero-order chi connectivity index (χ0) is 29.9. The summed E-state index contributed by atoms with van der Waals surface area (Å²) in [6, 6.07) is 25.2. The van der Waals surface area contributed by atoms with Crippen LogP contribution in [0.3, 0.4) is 0 Å². The van der Waals surface area contributed by atoms with Gasteiger partial charge in [-0.1, -0.05) is 84.6 Å². The Bertz CT molecular complexity index is 1830. The van der Waals surface area contributed by atoms with E-state index in [9.17, 15) is 30.7 Å². The number of aromatic nitrogens is 1. The van der Waals surface area contributed by atoms with Gasteiger partial charge in [0.15, 0.2) is 0 Å². The molecule has 1 aliphatic rings. The fourth-order valence-electron chi connectivity index (χ4n) is 4.66. The number of carbonyl (C=O) groups is 1. The van der Waals surface area contributed by atoms with Crippen LogP contribution in [0.4, 0.5) is 0 Å². The predicted molar refractivity (Wildman–Crippen MR) is 154 cm³/mol. The van der Waals surface area contributed by atoms with Crippen molar-refractivity contribution in [3.05, 3.63) is 114 Å². The number of ether oxygens (including phenoxy) is 1. The third-order valence-electron chi connectivity index (χ3n) is 6.30. The van der Waals surface area contributed by atoms with Crippen molar-refractivity contribution in [2.75, 3.05) is 0 Å². The van der Waals surface area contributed by atoms with E-state index in [0.29, 0.717) is 16.0 Å². The van der Waals surface area contributed by atoms with Gasteiger partial charge in [0.2, 0.25) is 0 Å². The number of hydrogen-bond acceptors (Lipinski definition) is 10. The minimum Gasteiger partial charge on any atom is -0.454 e. The first-order valence-electron chi connectivity index (χ1n) is 12.3. The van der Waals surface area contributed by atoms with Crippen molar-refractivity contribution in [1.29, 1.82) is 0 Å². The molecule has 0 aliphatic heterocycles. The zero-order valence-corrected chi connectivity index (χ0v) is 23.9. The zero-order valence-electron chi connectivity index (χ0n) is 21.5. The van der Waals surface area contributed by atoms with E-state index in [1.54, 1.807) is 72.8 Å². The first kappa shape index (κ1) is 29.8. The van der Waals surface area contributed by atoms with Crippen LogP contribution in [0.5, 0.6) is 0 Å². The van der Waals surface area contributed by atoms with Crippen LogP contribution >= 0.6 is 11.8 Å². The van der Waals surface area contributed by atoms with Crippen molar-refractivity contribution < 1.29 is 43.8 Å². The van der Waals surface area contributed by atoms with Crippen LogP contribution in [0.2, 0.25) is 0 Å². The van der Waals surface area contributed by atoms with E-state index in [2.05, 4.69) is 4.98 Å². The third kappa shape index (κ3) is 7.22. The van der Waals surface area contributed by atoms with Gasteiger partial charge in [0.25, 0.3) is 0 Å². The summed E-state index contributed by atoms with van der Waals surface area (Å²) in [6.07, 6.45) is -2.36. The number of esters is 1. The first-order valence-corrected chi connectivity index (χ1v) is 15.9. The summed E-state index contributed by atoms with van der Waals surface area (Å²) >= 11 is 1.07. The monoisotopic (exact) mass is 629 g/mol. The van der Waals surface area contributed by atoms with Crippen LogP contribution in [-0.2, 0) is 33.9 Å². The minimum absolute atomic E-state index is 0.0958. The summed E-state index contributed by atoms with van der Waals surface area (Å²) in [5.41, 5.74) is 0.629. The number of hydrogen-bond donors (Lipinski definition) is 2. The lowest BCUT2D eigenvalue weighted by Gasteiger charge is -2.39. The lowest BCUT2D eigenvalue weighted by molar-refractivity contribution is -0.0383. The molecule has 11 nitrogen and oxygen atoms in total. The highest BCUT2D eigenvalue weighted by atomic mass is 32.3. The molecule has 1 aliphatic carbocycles. The molecule has 0 saturated heterocycles. The van der Waals surface area contributed by atoms with Crippen molar-refractivity contribution in [3.8, 4) is 0 Å². The quantitative estimate of drug-likeness (QED) is 0.198. The Morgan fingerprint density at radius 2 is 1.43 bits per heavy atom. The van der Waals surface area contributed by atoms with Gasteiger partial charge in [-0.3, -0.25) is 9.11 Å². The Morgan fingerprint density at radius 1 is 0.762 bits per heavy atom. The summed E-state index contributed by atoms with van der Waals surface area (Å²) in [7, 11) is -10.5. The second kappa shape index (κ2) is 12.3. The second-order valence-electron chi connectivity index (χ2n) is 9.07. The number of thioether (sulfide) groups is 1. The number of pyridine rings is 1. The van der Waals surface area contributed by atoms with Gasteiger partial charge in [-0.05, 0) is 46.2 Å². The number of benzene rings is 3. The third-order valence-corrected chi connectivity index (χ3v) is 8.38. The highest BCUT2D eigenvalue weighted by molar-refractivity contribution is 8.00. The van der Waals surface area contributed by atoms with Crippen LogP contribution in [0.1, 0.15) is 15.9 Å². The van der Waals surface area contributed by atoms with Gasteiger partial charge < -0.3 is 4.74 Å². The molecule has 0 unspecified atom stereocenters. The maximum atomic E-state index is 13.2. The van der Waals surface area contributed by atoms with Crippen LogP contribution < -0.4 is 0 Å². The maximum Gasteiger partial charge on any atom is 0.398 e. The van der Waals surface area contributed by atoms with Gasteiger partial charge in [-0.2, -0.15) is 16.8 Å². The molecule has 0 amide bonds. The largest absolute Gasteiger partial charge is 0.454 e. The van der Waals surface area contributed by atoms with Gasteiger partial charge >= 0.3 is 26.8 Å². The van der Waals surface area contributed by atoms with Crippen molar-refractivity contribution in [2.45, 2.75) is 28.6 Å². The topological polar surface area (TPSA) is 166 Å². The van der Waals surface area contributed by atoms with Gasteiger partial charge in [0.05, 0.1) is 15.8 Å². The van der Waals surface area contributed by atoms with E-state index in [4.69, 9.17) is 13.1 Å². The van der Waals surface area contributed by atoms with Crippen molar-refractivity contribution in [1.82, 2.24) is 4.98 Å². The average Bonchev–Trinajstić information content (AvgIpc) is 2.95. The smallest absolute Gasteiger partial charge is 0.398 e. The van der Waals surface area contributed by atoms with E-state index < -0.39 is 50.3 Å². The van der Waals surface area contributed by atoms with Crippen LogP contribution in [-0.4, -0.2) is 60.5 Å². The molecule has 0 spiro atoms.